The van der Waals surface area contributed by atoms with Gasteiger partial charge in [-0.05, 0) is 91.9 Å². The molecule has 0 fully saturated rings. The van der Waals surface area contributed by atoms with E-state index >= 15 is 0 Å². The molecule has 1 aliphatic heterocycles. The summed E-state index contributed by atoms with van der Waals surface area (Å²) in [6.45, 7) is 2.34. The number of para-hydroxylation sites is 1. The Morgan fingerprint density at radius 1 is 0.540 bits per heavy atom. The molecule has 3 aliphatic carbocycles. The molecule has 0 amide bonds. The summed E-state index contributed by atoms with van der Waals surface area (Å²) in [5, 5.41) is 2.68. The van der Waals surface area contributed by atoms with E-state index in [2.05, 4.69) is 177 Å². The van der Waals surface area contributed by atoms with E-state index in [1.54, 1.807) is 0 Å². The predicted molar refractivity (Wildman–Crippen MR) is 204 cm³/mol. The predicted octanol–water partition coefficient (Wildman–Crippen LogP) is 12.1. The number of hydrogen-bond acceptors (Lipinski definition) is 1. The van der Waals surface area contributed by atoms with Crippen molar-refractivity contribution in [1.29, 1.82) is 0 Å². The largest absolute Gasteiger partial charge is 0.457 e. The molecule has 7 aromatic carbocycles. The van der Waals surface area contributed by atoms with Gasteiger partial charge in [0.2, 0.25) is 0 Å². The normalized spacial score (nSPS) is 22.0. The van der Waals surface area contributed by atoms with E-state index in [4.69, 9.17) is 4.74 Å². The van der Waals surface area contributed by atoms with Crippen molar-refractivity contribution in [1.82, 2.24) is 0 Å². The summed E-state index contributed by atoms with van der Waals surface area (Å²) >= 11 is 0. The molecule has 0 aromatic heterocycles. The zero-order chi connectivity index (χ0) is 33.0. The van der Waals surface area contributed by atoms with Gasteiger partial charge in [-0.25, -0.2) is 0 Å². The van der Waals surface area contributed by atoms with Crippen LogP contribution in [0.15, 0.2) is 175 Å². The number of ether oxygens (including phenoxy) is 1. The van der Waals surface area contributed by atoms with Crippen LogP contribution in [0.25, 0.3) is 27.5 Å². The molecule has 3 atom stereocenters. The molecule has 1 heterocycles. The average molecular weight is 639 g/mol. The molecule has 50 heavy (non-hydrogen) atoms. The zero-order valence-corrected chi connectivity index (χ0v) is 27.9. The maximum Gasteiger partial charge on any atom is 0.132 e. The van der Waals surface area contributed by atoms with Gasteiger partial charge in [0.1, 0.15) is 11.5 Å². The summed E-state index contributed by atoms with van der Waals surface area (Å²) in [5.41, 5.74) is 15.4. The molecule has 1 nitrogen and oxygen atoms in total. The van der Waals surface area contributed by atoms with Gasteiger partial charge in [0.25, 0.3) is 0 Å². The fourth-order valence-electron chi connectivity index (χ4n) is 9.99. The number of hydrogen-bond donors (Lipinski definition) is 0. The number of allylic oxidation sites excluding steroid dienone is 4. The molecule has 1 spiro atoms. The Morgan fingerprint density at radius 2 is 1.18 bits per heavy atom. The first-order chi connectivity index (χ1) is 24.7. The molecule has 0 bridgehead atoms. The van der Waals surface area contributed by atoms with Crippen LogP contribution in [-0.2, 0) is 10.8 Å². The van der Waals surface area contributed by atoms with Crippen molar-refractivity contribution >= 4 is 16.3 Å². The molecule has 0 saturated carbocycles. The molecule has 1 heteroatoms. The molecule has 0 radical (unpaired) electrons. The third kappa shape index (κ3) is 3.47. The fraction of sp³-hybridized carbons (Fsp3) is 0.102. The Hall–Kier alpha value is -5.92. The van der Waals surface area contributed by atoms with E-state index in [1.165, 1.54) is 77.6 Å². The Labute approximate surface area is 292 Å². The van der Waals surface area contributed by atoms with Crippen LogP contribution < -0.4 is 4.74 Å². The van der Waals surface area contributed by atoms with Gasteiger partial charge in [-0.3, -0.25) is 0 Å². The first-order valence-electron chi connectivity index (χ1n) is 17.8. The van der Waals surface area contributed by atoms with Crippen molar-refractivity contribution in [3.8, 4) is 22.6 Å². The van der Waals surface area contributed by atoms with Crippen molar-refractivity contribution in [2.75, 3.05) is 0 Å². The maximum atomic E-state index is 6.73. The maximum absolute atomic E-state index is 6.73. The van der Waals surface area contributed by atoms with Gasteiger partial charge in [0, 0.05) is 22.5 Å². The standard InChI is InChI=1S/C49H34O/c1-48(34-15-3-2-4-16-34)42-22-9-10-24-45(42)50-46-30-33(26-28-43(46)48)32-25-27-41-38(29-32)36-18-6-8-21-40(36)49(41)39-20-7-5-17-35(39)37-19-11-13-31-14-12-23-44(49)47(31)37/h2-28,30,32H,29H2,1H3. The summed E-state index contributed by atoms with van der Waals surface area (Å²) in [6, 6.07) is 58.4. The SMILES string of the molecule is CC1(c2ccccc2)c2ccccc2Oc2cc(C3C=CC4=C(C3)c3ccccc3C43c4ccccc4-c4cccc5cccc3c45)ccc21. The molecule has 236 valence electrons. The van der Waals surface area contributed by atoms with Crippen LogP contribution in [0.1, 0.15) is 63.8 Å². The Morgan fingerprint density at radius 3 is 2.02 bits per heavy atom. The minimum Gasteiger partial charge on any atom is -0.457 e. The van der Waals surface area contributed by atoms with Crippen LogP contribution >= 0.6 is 0 Å². The molecular weight excluding hydrogens is 605 g/mol. The second-order valence-electron chi connectivity index (χ2n) is 14.5. The topological polar surface area (TPSA) is 9.23 Å². The van der Waals surface area contributed by atoms with E-state index in [1.807, 2.05) is 0 Å². The van der Waals surface area contributed by atoms with Crippen LogP contribution in [0.2, 0.25) is 0 Å². The fourth-order valence-corrected chi connectivity index (χ4v) is 9.99. The van der Waals surface area contributed by atoms with Gasteiger partial charge in [0.15, 0.2) is 0 Å². The van der Waals surface area contributed by atoms with Crippen LogP contribution in [0.5, 0.6) is 11.5 Å². The number of benzene rings is 7. The highest BCUT2D eigenvalue weighted by Crippen LogP contribution is 2.63. The molecule has 3 unspecified atom stereocenters. The first kappa shape index (κ1) is 28.0. The van der Waals surface area contributed by atoms with E-state index < -0.39 is 0 Å². The Balaban J connectivity index is 1.08. The van der Waals surface area contributed by atoms with Gasteiger partial charge >= 0.3 is 0 Å². The lowest BCUT2D eigenvalue weighted by Gasteiger charge is -2.41. The first-order valence-corrected chi connectivity index (χ1v) is 17.8. The van der Waals surface area contributed by atoms with Gasteiger partial charge in [-0.1, -0.05) is 158 Å². The van der Waals surface area contributed by atoms with Gasteiger partial charge in [-0.2, -0.15) is 0 Å². The van der Waals surface area contributed by atoms with Gasteiger partial charge in [-0.15, -0.1) is 0 Å². The Bertz CT molecular complexity index is 2620. The monoisotopic (exact) mass is 638 g/mol. The van der Waals surface area contributed by atoms with Crippen LogP contribution in [0, 0.1) is 0 Å². The van der Waals surface area contributed by atoms with E-state index in [9.17, 15) is 0 Å². The third-order valence-electron chi connectivity index (χ3n) is 12.2. The summed E-state index contributed by atoms with van der Waals surface area (Å²) in [6.07, 6.45) is 5.87. The Kier molecular flexibility index (Phi) is 5.63. The van der Waals surface area contributed by atoms with Crippen LogP contribution in [0.4, 0.5) is 0 Å². The van der Waals surface area contributed by atoms with Crippen molar-refractivity contribution in [2.45, 2.75) is 30.1 Å². The van der Waals surface area contributed by atoms with Gasteiger partial charge < -0.3 is 4.74 Å². The third-order valence-corrected chi connectivity index (χ3v) is 12.2. The quantitative estimate of drug-likeness (QED) is 0.183. The highest BCUT2D eigenvalue weighted by atomic mass is 16.5. The van der Waals surface area contributed by atoms with E-state index in [0.717, 1.165) is 17.9 Å². The summed E-state index contributed by atoms with van der Waals surface area (Å²) in [7, 11) is 0. The molecule has 0 saturated heterocycles. The summed E-state index contributed by atoms with van der Waals surface area (Å²) < 4.78 is 6.73. The summed E-state index contributed by atoms with van der Waals surface area (Å²) in [5.74, 6) is 2.12. The second kappa shape index (κ2) is 10.1. The van der Waals surface area contributed by atoms with Crippen molar-refractivity contribution in [3.05, 3.63) is 220 Å². The lowest BCUT2D eigenvalue weighted by Crippen LogP contribution is -2.32. The van der Waals surface area contributed by atoms with E-state index in [-0.39, 0.29) is 16.7 Å². The molecule has 11 rings (SSSR count). The van der Waals surface area contributed by atoms with Crippen LogP contribution in [0.3, 0.4) is 0 Å². The average Bonchev–Trinajstić information content (AvgIpc) is 3.47. The van der Waals surface area contributed by atoms with Crippen molar-refractivity contribution < 1.29 is 4.74 Å². The summed E-state index contributed by atoms with van der Waals surface area (Å²) in [4.78, 5) is 0. The molecule has 4 aliphatic rings. The van der Waals surface area contributed by atoms with Crippen LogP contribution in [-0.4, -0.2) is 0 Å². The van der Waals surface area contributed by atoms with Crippen molar-refractivity contribution in [2.24, 2.45) is 0 Å². The highest BCUT2D eigenvalue weighted by molar-refractivity contribution is 6.07. The lowest BCUT2D eigenvalue weighted by atomic mass is 9.60. The second-order valence-corrected chi connectivity index (χ2v) is 14.5. The number of fused-ring (bicyclic) bond motifs is 10. The minimum atomic E-state index is -0.363. The molecular formula is C49H34O. The molecule has 0 N–H and O–H groups in total. The van der Waals surface area contributed by atoms with E-state index in [0.29, 0.717) is 0 Å². The van der Waals surface area contributed by atoms with Gasteiger partial charge in [0.05, 0.1) is 5.41 Å². The molecule has 7 aromatic rings. The zero-order valence-electron chi connectivity index (χ0n) is 27.9. The van der Waals surface area contributed by atoms with Crippen molar-refractivity contribution in [3.63, 3.8) is 0 Å². The minimum absolute atomic E-state index is 0.230. The smallest absolute Gasteiger partial charge is 0.132 e. The lowest BCUT2D eigenvalue weighted by molar-refractivity contribution is 0.426. The number of rotatable bonds is 2. The highest BCUT2D eigenvalue weighted by Gasteiger charge is 2.51.